The van der Waals surface area contributed by atoms with Gasteiger partial charge in [-0.05, 0) is 97.2 Å². The number of nitrogens with zero attached hydrogens (tertiary/aromatic N) is 3. The van der Waals surface area contributed by atoms with Gasteiger partial charge in [-0.25, -0.2) is 4.98 Å². The Kier molecular flexibility index (Phi) is 9.39. The molecular weight excluding hydrogens is 784 g/mol. The zero-order valence-corrected chi connectivity index (χ0v) is 32.0. The molecule has 3 aromatic carbocycles. The Morgan fingerprint density at radius 1 is 0.895 bits per heavy atom. The van der Waals surface area contributed by atoms with Crippen LogP contribution in [-0.4, -0.2) is 55.3 Å². The van der Waals surface area contributed by atoms with Crippen molar-refractivity contribution in [2.45, 2.75) is 50.6 Å². The Morgan fingerprint density at radius 2 is 1.56 bits per heavy atom. The van der Waals surface area contributed by atoms with E-state index < -0.39 is 63.6 Å². The monoisotopic (exact) mass is 818 g/mol. The summed E-state index contributed by atoms with van der Waals surface area (Å²) in [6.07, 6.45) is -1.78. The molecule has 4 aliphatic rings. The van der Waals surface area contributed by atoms with Crippen molar-refractivity contribution in [3.63, 3.8) is 0 Å². The molecule has 57 heavy (non-hydrogen) atoms. The molecule has 0 spiro atoms. The topological polar surface area (TPSA) is 140 Å². The average molecular weight is 820 g/mol. The highest BCUT2D eigenvalue weighted by molar-refractivity contribution is 6.33. The van der Waals surface area contributed by atoms with Crippen LogP contribution in [0.25, 0.3) is 0 Å². The predicted octanol–water partition coefficient (Wildman–Crippen LogP) is 7.66. The van der Waals surface area contributed by atoms with Crippen molar-refractivity contribution < 1.29 is 42.6 Å². The van der Waals surface area contributed by atoms with Crippen LogP contribution in [0.5, 0.6) is 11.5 Å². The summed E-state index contributed by atoms with van der Waals surface area (Å²) in [6, 6.07) is 17.1. The quantitative estimate of drug-likeness (QED) is 0.128. The van der Waals surface area contributed by atoms with Crippen LogP contribution >= 0.6 is 23.2 Å². The van der Waals surface area contributed by atoms with Crippen molar-refractivity contribution in [1.82, 2.24) is 14.9 Å². The maximum atomic E-state index is 15.4. The van der Waals surface area contributed by atoms with Gasteiger partial charge in [-0.15, -0.1) is 0 Å². The molecule has 15 heteroatoms. The van der Waals surface area contributed by atoms with E-state index in [1.54, 1.807) is 62.4 Å². The lowest BCUT2D eigenvalue weighted by Crippen LogP contribution is -2.53. The highest BCUT2D eigenvalue weighted by Gasteiger charge is 2.70. The van der Waals surface area contributed by atoms with Gasteiger partial charge in [0.2, 0.25) is 11.8 Å². The fourth-order valence-corrected chi connectivity index (χ4v) is 9.84. The number of carbonyl (C=O) groups is 4. The summed E-state index contributed by atoms with van der Waals surface area (Å²) in [5.41, 5.74) is 3.31. The Labute approximate surface area is 334 Å². The molecule has 294 valence electrons. The zero-order valence-electron chi connectivity index (χ0n) is 30.5. The summed E-state index contributed by atoms with van der Waals surface area (Å²) in [4.78, 5) is 63.8. The normalized spacial score (nSPS) is 25.7. The van der Waals surface area contributed by atoms with Crippen LogP contribution in [0.1, 0.15) is 52.1 Å². The van der Waals surface area contributed by atoms with Gasteiger partial charge >= 0.3 is 6.18 Å². The van der Waals surface area contributed by atoms with Gasteiger partial charge in [0.05, 0.1) is 33.8 Å². The van der Waals surface area contributed by atoms with Crippen LogP contribution in [0.3, 0.4) is 0 Å². The van der Waals surface area contributed by atoms with Crippen molar-refractivity contribution in [2.75, 3.05) is 12.0 Å². The molecule has 2 aliphatic heterocycles. The number of nitrogens with one attached hydrogen (secondary N) is 1. The predicted molar refractivity (Wildman–Crippen MR) is 203 cm³/mol. The number of hydrazine groups is 1. The highest BCUT2D eigenvalue weighted by atomic mass is 35.5. The van der Waals surface area contributed by atoms with Crippen molar-refractivity contribution in [2.24, 2.45) is 23.7 Å². The summed E-state index contributed by atoms with van der Waals surface area (Å²) < 4.78 is 40.5. The number of alkyl halides is 3. The van der Waals surface area contributed by atoms with Gasteiger partial charge in [-0.2, -0.15) is 18.2 Å². The summed E-state index contributed by atoms with van der Waals surface area (Å²) in [6.45, 7) is 3.52. The van der Waals surface area contributed by atoms with E-state index in [1.807, 2.05) is 6.08 Å². The van der Waals surface area contributed by atoms with Crippen LogP contribution < -0.4 is 5.43 Å². The van der Waals surface area contributed by atoms with Gasteiger partial charge in [0.25, 0.3) is 11.8 Å². The van der Waals surface area contributed by atoms with Gasteiger partial charge < -0.3 is 10.2 Å². The molecule has 3 fully saturated rings. The Bertz CT molecular complexity index is 2370. The molecular formula is C42H35Cl2F3N4O6. The van der Waals surface area contributed by atoms with Gasteiger partial charge in [0.15, 0.2) is 5.82 Å². The lowest BCUT2D eigenvalue weighted by molar-refractivity contribution is -0.141. The lowest BCUT2D eigenvalue weighted by atomic mass is 9.49. The number of aryl methyl sites for hydroxylation is 2. The molecule has 2 aliphatic carbocycles. The first-order chi connectivity index (χ1) is 27.0. The number of aromatic nitrogens is 1. The standard InChI is InChI=1S/C42H35Cl2F3N4O6/c1-20-15-23(16-21(2)35(20)53)34-28-11-12-29-33(39(56)50(37(29)54)14-13-22-3-9-27(52)10-4-22)30(28)18-31-38(55)51(40(57)41(31,34)24-5-7-26(43)8-6-24)49-36-32(44)17-25(19-48-36)42(45,46)47/h3-11,15-17,19,29-31,33-34,52-53H,12-14,18H2,1-2H3,(H,48,49)/t29-,30+,31-,33-,34-,41+/m0/s1. The van der Waals surface area contributed by atoms with Crippen molar-refractivity contribution in [1.29, 1.82) is 0 Å². The Morgan fingerprint density at radius 3 is 2.19 bits per heavy atom. The Balaban J connectivity index is 1.27. The Hall–Kier alpha value is -5.40. The second-order valence-corrected chi connectivity index (χ2v) is 16.0. The number of fused-ring (bicyclic) bond motifs is 4. The van der Waals surface area contributed by atoms with E-state index in [0.29, 0.717) is 51.5 Å². The number of halogens is 5. The van der Waals surface area contributed by atoms with Crippen LogP contribution in [0.2, 0.25) is 10.0 Å². The zero-order chi connectivity index (χ0) is 40.7. The first-order valence-corrected chi connectivity index (χ1v) is 19.0. The molecule has 1 saturated carbocycles. The van der Waals surface area contributed by atoms with E-state index in [9.17, 15) is 37.8 Å². The minimum Gasteiger partial charge on any atom is -0.508 e. The molecule has 2 saturated heterocycles. The number of phenolic OH excluding ortho intramolecular Hbond substituents is 2. The fraction of sp³-hybridized carbons (Fsp3) is 0.310. The van der Waals surface area contributed by atoms with Gasteiger partial charge in [0, 0.05) is 23.7 Å². The summed E-state index contributed by atoms with van der Waals surface area (Å²) in [5.74, 6) is -6.74. The fourth-order valence-electron chi connectivity index (χ4n) is 9.50. The number of phenols is 2. The third kappa shape index (κ3) is 6.13. The van der Waals surface area contributed by atoms with Crippen molar-refractivity contribution >= 4 is 52.6 Å². The molecule has 0 unspecified atom stereocenters. The van der Waals surface area contributed by atoms with Gasteiger partial charge in [-0.1, -0.05) is 71.2 Å². The third-order valence-electron chi connectivity index (χ3n) is 12.1. The number of hydrogen-bond acceptors (Lipinski definition) is 8. The maximum absolute atomic E-state index is 15.4. The highest BCUT2D eigenvalue weighted by Crippen LogP contribution is 2.64. The van der Waals surface area contributed by atoms with Gasteiger partial charge in [0.1, 0.15) is 11.5 Å². The van der Waals surface area contributed by atoms with E-state index in [1.165, 1.54) is 17.0 Å². The minimum absolute atomic E-state index is 0.0239. The van der Waals surface area contributed by atoms with E-state index in [2.05, 4.69) is 10.4 Å². The van der Waals surface area contributed by atoms with E-state index >= 15 is 4.79 Å². The summed E-state index contributed by atoms with van der Waals surface area (Å²) >= 11 is 12.6. The number of imide groups is 2. The number of hydrogen-bond donors (Lipinski definition) is 3. The van der Waals surface area contributed by atoms with Crippen molar-refractivity contribution in [3.8, 4) is 11.5 Å². The number of anilines is 1. The maximum Gasteiger partial charge on any atom is 0.417 e. The molecule has 4 aromatic rings. The van der Waals surface area contributed by atoms with Gasteiger partial charge in [-0.3, -0.25) is 29.5 Å². The molecule has 4 amide bonds. The van der Waals surface area contributed by atoms with Crippen LogP contribution in [0.15, 0.2) is 84.6 Å². The molecule has 10 nitrogen and oxygen atoms in total. The van der Waals surface area contributed by atoms with E-state index in [4.69, 9.17) is 23.2 Å². The second kappa shape index (κ2) is 13.9. The SMILES string of the molecule is Cc1cc([C@H]2C3=CC[C@@H]4C(=O)N(CCc5ccc(O)cc5)C(=O)[C@@H]4[C@@H]3C[C@H]3C(=O)N(Nc4ncc(C(F)(F)F)cc4Cl)C(=O)[C@@]23c2ccc(Cl)cc2)cc(C)c1O. The van der Waals surface area contributed by atoms with Crippen molar-refractivity contribution in [3.05, 3.63) is 128 Å². The number of benzene rings is 3. The molecule has 1 aromatic heterocycles. The molecule has 6 atom stereocenters. The van der Waals surface area contributed by atoms with E-state index in [-0.39, 0.29) is 48.5 Å². The number of allylic oxidation sites excluding steroid dienone is 2. The molecule has 3 N–H and O–H groups in total. The van der Waals surface area contributed by atoms with Crippen LogP contribution in [-0.2, 0) is 37.2 Å². The summed E-state index contributed by atoms with van der Waals surface area (Å²) in [7, 11) is 0. The van der Waals surface area contributed by atoms with Crippen LogP contribution in [0, 0.1) is 37.5 Å². The van der Waals surface area contributed by atoms with Crippen LogP contribution in [0.4, 0.5) is 19.0 Å². The third-order valence-corrected chi connectivity index (χ3v) is 12.6. The largest absolute Gasteiger partial charge is 0.508 e. The molecule has 8 rings (SSSR count). The summed E-state index contributed by atoms with van der Waals surface area (Å²) in [5, 5.41) is 21.2. The number of amides is 4. The number of rotatable bonds is 7. The van der Waals surface area contributed by atoms with E-state index in [0.717, 1.165) is 10.6 Å². The number of pyridine rings is 1. The number of aromatic hydroxyl groups is 2. The number of carbonyl (C=O) groups excluding carboxylic acids is 4. The average Bonchev–Trinajstić information content (AvgIpc) is 3.54. The second-order valence-electron chi connectivity index (χ2n) is 15.2. The lowest BCUT2D eigenvalue weighted by Gasteiger charge is -2.50. The number of likely N-dealkylation sites (tertiary alicyclic amines) is 1. The molecule has 3 heterocycles. The first-order valence-electron chi connectivity index (χ1n) is 18.3. The first kappa shape index (κ1) is 38.5. The minimum atomic E-state index is -4.75. The molecule has 0 radical (unpaired) electrons. The molecule has 0 bridgehead atoms. The smallest absolute Gasteiger partial charge is 0.417 e.